The van der Waals surface area contributed by atoms with Crippen molar-refractivity contribution in [2.24, 2.45) is 17.8 Å². The largest absolute Gasteiger partial charge is 0.496 e. The topological polar surface area (TPSA) is 9.23 Å². The summed E-state index contributed by atoms with van der Waals surface area (Å²) in [7, 11) is 0. The van der Waals surface area contributed by atoms with Crippen LogP contribution in [-0.4, -0.2) is 20.1 Å². The maximum atomic E-state index is 7.10. The van der Waals surface area contributed by atoms with Gasteiger partial charge < -0.3 is 3.79 Å². The lowest BCUT2D eigenvalue weighted by atomic mass is 9.85. The summed E-state index contributed by atoms with van der Waals surface area (Å²) in [6.07, 6.45) is 22.5. The molecular formula is C28H57AlO. The van der Waals surface area contributed by atoms with Gasteiger partial charge in [0.25, 0.3) is 0 Å². The van der Waals surface area contributed by atoms with Crippen molar-refractivity contribution in [2.45, 2.75) is 160 Å². The van der Waals surface area contributed by atoms with Crippen LogP contribution in [0.4, 0.5) is 0 Å². The zero-order valence-corrected chi connectivity index (χ0v) is 23.1. The van der Waals surface area contributed by atoms with E-state index in [1.807, 2.05) is 0 Å². The second-order valence-electron chi connectivity index (χ2n) is 11.8. The first kappa shape index (κ1) is 28.5. The average Bonchev–Trinajstić information content (AvgIpc) is 2.67. The minimum absolute atomic E-state index is 0.280. The lowest BCUT2D eigenvalue weighted by molar-refractivity contribution is 0.0187. The Morgan fingerprint density at radius 1 is 0.633 bits per heavy atom. The molecule has 1 saturated heterocycles. The smallest absolute Gasteiger partial charge is 0.461 e. The Morgan fingerprint density at radius 2 is 1.10 bits per heavy atom. The fourth-order valence-corrected chi connectivity index (χ4v) is 8.26. The molecular weight excluding hydrogens is 379 g/mol. The minimum Gasteiger partial charge on any atom is -0.496 e. The summed E-state index contributed by atoms with van der Waals surface area (Å²) < 4.78 is 7.10. The van der Waals surface area contributed by atoms with Gasteiger partial charge in [0.05, 0.1) is 0 Å². The van der Waals surface area contributed by atoms with Gasteiger partial charge in [-0.15, -0.1) is 0 Å². The van der Waals surface area contributed by atoms with Gasteiger partial charge in [-0.3, -0.25) is 0 Å². The van der Waals surface area contributed by atoms with Gasteiger partial charge >= 0.3 is 14.5 Å². The van der Waals surface area contributed by atoms with Crippen LogP contribution in [0, 0.1) is 17.8 Å². The van der Waals surface area contributed by atoms with Crippen LogP contribution in [0.3, 0.4) is 0 Å². The molecule has 2 heteroatoms. The number of hydrogen-bond acceptors (Lipinski definition) is 1. The van der Waals surface area contributed by atoms with E-state index in [0.29, 0.717) is 0 Å². The molecule has 1 aliphatic heterocycles. The van der Waals surface area contributed by atoms with E-state index in [9.17, 15) is 0 Å². The Labute approximate surface area is 196 Å². The first-order valence-corrected chi connectivity index (χ1v) is 16.1. The number of rotatable bonds is 18. The zero-order chi connectivity index (χ0) is 22.2. The van der Waals surface area contributed by atoms with Crippen molar-refractivity contribution in [1.29, 1.82) is 0 Å². The van der Waals surface area contributed by atoms with Crippen molar-refractivity contribution in [2.75, 3.05) is 0 Å². The van der Waals surface area contributed by atoms with E-state index in [2.05, 4.69) is 41.5 Å². The van der Waals surface area contributed by atoms with Crippen LogP contribution < -0.4 is 0 Å². The third-order valence-electron chi connectivity index (χ3n) is 7.21. The molecule has 0 radical (unpaired) electrons. The molecule has 1 aliphatic rings. The fraction of sp³-hybridized carbons (Fsp3) is 1.00. The van der Waals surface area contributed by atoms with E-state index < -0.39 is 14.5 Å². The van der Waals surface area contributed by atoms with Crippen molar-refractivity contribution in [1.82, 2.24) is 0 Å². The molecule has 178 valence electrons. The van der Waals surface area contributed by atoms with E-state index in [1.54, 1.807) is 0 Å². The van der Waals surface area contributed by atoms with Crippen LogP contribution in [0.25, 0.3) is 0 Å². The second-order valence-corrected chi connectivity index (χ2v) is 14.5. The van der Waals surface area contributed by atoms with Crippen LogP contribution in [0.5, 0.6) is 0 Å². The van der Waals surface area contributed by atoms with Crippen molar-refractivity contribution < 1.29 is 3.79 Å². The summed E-state index contributed by atoms with van der Waals surface area (Å²) in [6, 6.07) is 0. The van der Waals surface area contributed by atoms with Gasteiger partial charge in [-0.2, -0.15) is 0 Å². The van der Waals surface area contributed by atoms with Crippen molar-refractivity contribution >= 4 is 14.5 Å². The van der Waals surface area contributed by atoms with Crippen LogP contribution in [-0.2, 0) is 3.79 Å². The van der Waals surface area contributed by atoms with Gasteiger partial charge in [-0.05, 0) is 37.0 Å². The Balaban J connectivity index is 2.44. The first-order chi connectivity index (χ1) is 14.3. The molecule has 0 amide bonds. The quantitative estimate of drug-likeness (QED) is 0.153. The van der Waals surface area contributed by atoms with Crippen molar-refractivity contribution in [3.05, 3.63) is 0 Å². The maximum absolute atomic E-state index is 7.10. The summed E-state index contributed by atoms with van der Waals surface area (Å²) in [5.74, 6) is 2.59. The zero-order valence-electron chi connectivity index (χ0n) is 21.9. The first-order valence-electron chi connectivity index (χ1n) is 14.0. The molecule has 1 fully saturated rings. The normalized spacial score (nSPS) is 16.9. The highest BCUT2D eigenvalue weighted by Crippen LogP contribution is 2.38. The molecule has 0 saturated carbocycles. The molecule has 0 aliphatic carbocycles. The number of hydrogen-bond donors (Lipinski definition) is 0. The van der Waals surface area contributed by atoms with Gasteiger partial charge in [-0.25, -0.2) is 0 Å². The molecule has 0 atom stereocenters. The van der Waals surface area contributed by atoms with Gasteiger partial charge in [0.1, 0.15) is 0 Å². The van der Waals surface area contributed by atoms with Gasteiger partial charge in [0, 0.05) is 5.60 Å². The third-order valence-corrected chi connectivity index (χ3v) is 10.1. The summed E-state index contributed by atoms with van der Waals surface area (Å²) in [4.78, 5) is 0. The van der Waals surface area contributed by atoms with E-state index in [4.69, 9.17) is 3.79 Å². The predicted octanol–water partition coefficient (Wildman–Crippen LogP) is 9.96. The Morgan fingerprint density at radius 3 is 1.57 bits per heavy atom. The average molecular weight is 437 g/mol. The van der Waals surface area contributed by atoms with E-state index in [1.165, 1.54) is 113 Å². The van der Waals surface area contributed by atoms with Crippen LogP contribution in [0.2, 0.25) is 10.6 Å². The molecule has 0 bridgehead atoms. The Bertz CT molecular complexity index is 372. The molecule has 0 aromatic rings. The van der Waals surface area contributed by atoms with Crippen molar-refractivity contribution in [3.63, 3.8) is 0 Å². The van der Waals surface area contributed by atoms with Crippen LogP contribution >= 0.6 is 0 Å². The van der Waals surface area contributed by atoms with Crippen LogP contribution in [0.1, 0.15) is 144 Å². The molecule has 1 heterocycles. The molecule has 1 nitrogen and oxygen atoms in total. The van der Waals surface area contributed by atoms with Gasteiger partial charge in [0.15, 0.2) is 0 Å². The highest BCUT2D eigenvalue weighted by Gasteiger charge is 2.38. The summed E-state index contributed by atoms with van der Waals surface area (Å²) in [5.41, 5.74) is 0.280. The highest BCUT2D eigenvalue weighted by atomic mass is 27.2. The Kier molecular flexibility index (Phi) is 16.2. The monoisotopic (exact) mass is 436 g/mol. The lowest BCUT2D eigenvalue weighted by Crippen LogP contribution is -2.42. The fourth-order valence-electron chi connectivity index (χ4n) is 5.27. The Hall–Kier alpha value is 0.492. The lowest BCUT2D eigenvalue weighted by Gasteiger charge is -2.42. The number of unbranched alkanes of at least 4 members (excludes halogenated alkanes) is 6. The van der Waals surface area contributed by atoms with Gasteiger partial charge in [-0.1, -0.05) is 136 Å². The molecule has 0 aromatic heterocycles. The summed E-state index contributed by atoms with van der Waals surface area (Å²) in [5, 5.41) is 2.90. The molecule has 1 rings (SSSR count). The SMILES string of the molecule is CC(C)CCCC[CH2][Al]1[CH2]CCC(CCCCCC(C)C)(CCCCCC(C)C)[O]1. The predicted molar refractivity (Wildman–Crippen MR) is 138 cm³/mol. The molecule has 0 spiro atoms. The molecule has 30 heavy (non-hydrogen) atoms. The van der Waals surface area contributed by atoms with E-state index in [-0.39, 0.29) is 5.60 Å². The molecule has 0 N–H and O–H groups in total. The van der Waals surface area contributed by atoms with Crippen molar-refractivity contribution in [3.8, 4) is 0 Å². The van der Waals surface area contributed by atoms with Gasteiger partial charge in [0.2, 0.25) is 0 Å². The molecule has 0 unspecified atom stereocenters. The molecule has 0 aromatic carbocycles. The van der Waals surface area contributed by atoms with E-state index in [0.717, 1.165) is 17.8 Å². The summed E-state index contributed by atoms with van der Waals surface area (Å²) in [6.45, 7) is 14.2. The maximum Gasteiger partial charge on any atom is 0.461 e. The standard InChI is InChI=1S/C20H40O.C8H17.Al/c1-6-15-20(21,16-11-7-9-13-18(2)3)17-12-8-10-14-19(4)5;1-4-5-6-7-8(2)3;/h18-19H,1,6-17H2,2-5H3;8H,1,4-7H2,2-3H3;/q-1;;+1. The second kappa shape index (κ2) is 17.0. The van der Waals surface area contributed by atoms with E-state index >= 15 is 0 Å². The third kappa shape index (κ3) is 14.5. The summed E-state index contributed by atoms with van der Waals surface area (Å²) >= 11 is -0.968. The van der Waals surface area contributed by atoms with Crippen LogP contribution in [0.15, 0.2) is 0 Å². The highest BCUT2D eigenvalue weighted by molar-refractivity contribution is 6.52. The minimum atomic E-state index is -0.968.